The van der Waals surface area contributed by atoms with Gasteiger partial charge in [-0.15, -0.1) is 12.4 Å². The summed E-state index contributed by atoms with van der Waals surface area (Å²) in [6.07, 6.45) is 3.09. The third-order valence-corrected chi connectivity index (χ3v) is 6.79. The second kappa shape index (κ2) is 13.5. The third-order valence-electron chi connectivity index (χ3n) is 6.01. The highest BCUT2D eigenvalue weighted by atomic mass is 35.5. The summed E-state index contributed by atoms with van der Waals surface area (Å²) in [5.41, 5.74) is 4.65. The van der Waals surface area contributed by atoms with Crippen molar-refractivity contribution < 1.29 is 14.3 Å². The molecule has 1 aromatic heterocycles. The van der Waals surface area contributed by atoms with Crippen molar-refractivity contribution >= 4 is 70.1 Å². The molecular weight excluding hydrogens is 557 g/mol. The highest BCUT2D eigenvalue weighted by molar-refractivity contribution is 6.38. The lowest BCUT2D eigenvalue weighted by atomic mass is 10.1. The summed E-state index contributed by atoms with van der Waals surface area (Å²) in [5.74, 6) is -0.107. The number of carbonyl (C=O) groups is 2. The van der Waals surface area contributed by atoms with Crippen LogP contribution in [-0.4, -0.2) is 30.4 Å². The molecule has 0 aliphatic carbocycles. The molecule has 4 aromatic rings. The van der Waals surface area contributed by atoms with Crippen molar-refractivity contribution in [2.75, 3.05) is 18.5 Å². The number of anilines is 1. The Morgan fingerprint density at radius 3 is 2.49 bits per heavy atom. The maximum absolute atomic E-state index is 12.8. The first-order valence-electron chi connectivity index (χ1n) is 12.0. The molecule has 6 nitrogen and oxygen atoms in total. The van der Waals surface area contributed by atoms with E-state index in [0.717, 1.165) is 27.7 Å². The van der Waals surface area contributed by atoms with Crippen molar-refractivity contribution in [1.82, 2.24) is 10.3 Å². The van der Waals surface area contributed by atoms with Crippen LogP contribution in [0.3, 0.4) is 0 Å². The molecule has 0 radical (unpaired) electrons. The molecule has 2 amide bonds. The summed E-state index contributed by atoms with van der Waals surface area (Å²) in [6, 6.07) is 20.7. The second-order valence-electron chi connectivity index (χ2n) is 8.84. The Bertz CT molecular complexity index is 1520. The number of likely N-dealkylation sites (N-methyl/N-ethyl adjacent to an activating group) is 1. The molecule has 0 spiro atoms. The van der Waals surface area contributed by atoms with E-state index in [2.05, 4.69) is 10.3 Å². The molecule has 0 saturated heterocycles. The van der Waals surface area contributed by atoms with Crippen LogP contribution < -0.4 is 15.0 Å². The second-order valence-corrected chi connectivity index (χ2v) is 9.63. The van der Waals surface area contributed by atoms with E-state index in [9.17, 15) is 9.59 Å². The van der Waals surface area contributed by atoms with Gasteiger partial charge in [-0.05, 0) is 49.8 Å². The quantitative estimate of drug-likeness (QED) is 0.228. The number of fused-ring (bicyclic) bond motifs is 1. The molecular formula is C30H28Cl3N3O3. The minimum absolute atomic E-state index is 0. The van der Waals surface area contributed by atoms with Gasteiger partial charge < -0.3 is 15.0 Å². The minimum atomic E-state index is -0.373. The van der Waals surface area contributed by atoms with Gasteiger partial charge in [-0.3, -0.25) is 9.59 Å². The van der Waals surface area contributed by atoms with Gasteiger partial charge >= 0.3 is 0 Å². The first-order chi connectivity index (χ1) is 18.2. The molecule has 0 fully saturated rings. The number of pyridine rings is 1. The van der Waals surface area contributed by atoms with Crippen LogP contribution in [0.25, 0.3) is 17.0 Å². The molecule has 1 N–H and O–H groups in total. The minimum Gasteiger partial charge on any atom is -0.487 e. The van der Waals surface area contributed by atoms with E-state index >= 15 is 0 Å². The Hall–Kier alpha value is -3.58. The Morgan fingerprint density at radius 2 is 1.74 bits per heavy atom. The summed E-state index contributed by atoms with van der Waals surface area (Å²) in [7, 11) is 1.59. The predicted molar refractivity (Wildman–Crippen MR) is 161 cm³/mol. The summed E-state index contributed by atoms with van der Waals surface area (Å²) in [6.45, 7) is 3.81. The van der Waals surface area contributed by atoms with Crippen molar-refractivity contribution in [3.8, 4) is 5.75 Å². The van der Waals surface area contributed by atoms with Crippen LogP contribution in [0.5, 0.6) is 5.75 Å². The molecule has 0 bridgehead atoms. The largest absolute Gasteiger partial charge is 0.487 e. The summed E-state index contributed by atoms with van der Waals surface area (Å²) in [5, 5.41) is 4.28. The van der Waals surface area contributed by atoms with E-state index in [1.54, 1.807) is 25.3 Å². The van der Waals surface area contributed by atoms with E-state index in [4.69, 9.17) is 27.9 Å². The average Bonchev–Trinajstić information content (AvgIpc) is 2.91. The smallest absolute Gasteiger partial charge is 0.246 e. The van der Waals surface area contributed by atoms with Gasteiger partial charge in [0.15, 0.2) is 0 Å². The standard InChI is InChI=1S/C30H27Cl2N3O3.ClH/c1-19-7-10-21(11-8-19)12-16-27(36)33-17-28(37)35(3)25-15-14-24(31)23(29(25)32)18-38-26-6-4-5-22-13-9-20(2)34-30(22)26;/h4-16H,17-18H2,1-3H3,(H,33,36);1H. The fourth-order valence-corrected chi connectivity index (χ4v) is 4.39. The first-order valence-corrected chi connectivity index (χ1v) is 12.7. The SMILES string of the molecule is Cc1ccc(C=CC(=O)NCC(=O)N(C)c2ccc(Cl)c(COc3cccc4ccc(C)nc34)c2Cl)cc1.Cl. The number of carbonyl (C=O) groups excluding carboxylic acids is 2. The Morgan fingerprint density at radius 1 is 1.00 bits per heavy atom. The van der Waals surface area contributed by atoms with Gasteiger partial charge in [-0.2, -0.15) is 0 Å². The Balaban J connectivity index is 0.00000420. The summed E-state index contributed by atoms with van der Waals surface area (Å²) < 4.78 is 6.07. The van der Waals surface area contributed by atoms with Crippen LogP contribution in [0.4, 0.5) is 5.69 Å². The number of para-hydroxylation sites is 1. The van der Waals surface area contributed by atoms with Crippen LogP contribution in [0.15, 0.2) is 72.8 Å². The van der Waals surface area contributed by atoms with E-state index in [-0.39, 0.29) is 37.4 Å². The molecule has 39 heavy (non-hydrogen) atoms. The molecule has 9 heteroatoms. The first kappa shape index (κ1) is 30.0. The Kier molecular flexibility index (Phi) is 10.4. The lowest BCUT2D eigenvalue weighted by Gasteiger charge is -2.21. The van der Waals surface area contributed by atoms with E-state index in [1.165, 1.54) is 11.0 Å². The maximum Gasteiger partial charge on any atom is 0.246 e. The number of aromatic nitrogens is 1. The van der Waals surface area contributed by atoms with Gasteiger partial charge in [-0.25, -0.2) is 4.98 Å². The molecule has 4 rings (SSSR count). The van der Waals surface area contributed by atoms with Crippen LogP contribution in [-0.2, 0) is 16.2 Å². The molecule has 0 aliphatic heterocycles. The lowest BCUT2D eigenvalue weighted by Crippen LogP contribution is -2.37. The van der Waals surface area contributed by atoms with E-state index < -0.39 is 0 Å². The predicted octanol–water partition coefficient (Wildman–Crippen LogP) is 6.95. The molecule has 3 aromatic carbocycles. The number of rotatable bonds is 8. The highest BCUT2D eigenvalue weighted by Crippen LogP contribution is 2.35. The molecule has 0 unspecified atom stereocenters. The monoisotopic (exact) mass is 583 g/mol. The van der Waals surface area contributed by atoms with Crippen LogP contribution in [0, 0.1) is 13.8 Å². The maximum atomic E-state index is 12.8. The number of hydrogen-bond acceptors (Lipinski definition) is 4. The van der Waals surface area contributed by atoms with Gasteiger partial charge in [-0.1, -0.05) is 71.2 Å². The van der Waals surface area contributed by atoms with Crippen molar-refractivity contribution in [2.24, 2.45) is 0 Å². The van der Waals surface area contributed by atoms with Crippen LogP contribution >= 0.6 is 35.6 Å². The van der Waals surface area contributed by atoms with Gasteiger partial charge in [0.1, 0.15) is 17.9 Å². The number of halogens is 3. The van der Waals surface area contributed by atoms with Crippen LogP contribution in [0.1, 0.15) is 22.4 Å². The fraction of sp³-hybridized carbons (Fsp3) is 0.167. The number of nitrogens with one attached hydrogen (secondary N) is 1. The van der Waals surface area contributed by atoms with Gasteiger partial charge in [0, 0.05) is 34.8 Å². The highest BCUT2D eigenvalue weighted by Gasteiger charge is 2.19. The molecule has 202 valence electrons. The Labute approximate surface area is 244 Å². The number of amides is 2. The molecule has 1 heterocycles. The molecule has 0 aliphatic rings. The van der Waals surface area contributed by atoms with E-state index in [0.29, 0.717) is 27.0 Å². The fourth-order valence-electron chi connectivity index (χ4n) is 3.78. The molecule has 0 saturated carbocycles. The third kappa shape index (κ3) is 7.51. The van der Waals surface area contributed by atoms with Crippen LogP contribution in [0.2, 0.25) is 10.0 Å². The zero-order valence-electron chi connectivity index (χ0n) is 21.7. The van der Waals surface area contributed by atoms with Crippen molar-refractivity contribution in [2.45, 2.75) is 20.5 Å². The normalized spacial score (nSPS) is 10.8. The molecule has 0 atom stereocenters. The topological polar surface area (TPSA) is 71.5 Å². The van der Waals surface area contributed by atoms with Crippen molar-refractivity contribution in [1.29, 1.82) is 0 Å². The number of aryl methyl sites for hydroxylation is 2. The average molecular weight is 585 g/mol. The van der Waals surface area contributed by atoms with Crippen molar-refractivity contribution in [3.63, 3.8) is 0 Å². The van der Waals surface area contributed by atoms with Crippen molar-refractivity contribution in [3.05, 3.63) is 105 Å². The van der Waals surface area contributed by atoms with E-state index in [1.807, 2.05) is 68.4 Å². The lowest BCUT2D eigenvalue weighted by molar-refractivity contribution is -0.122. The zero-order chi connectivity index (χ0) is 27.2. The summed E-state index contributed by atoms with van der Waals surface area (Å²) >= 11 is 13.1. The number of benzene rings is 3. The summed E-state index contributed by atoms with van der Waals surface area (Å²) in [4.78, 5) is 31.0. The zero-order valence-corrected chi connectivity index (χ0v) is 24.0. The van der Waals surface area contributed by atoms with Gasteiger partial charge in [0.25, 0.3) is 0 Å². The van der Waals surface area contributed by atoms with Gasteiger partial charge in [0.2, 0.25) is 11.8 Å². The number of hydrogen-bond donors (Lipinski definition) is 1. The number of ether oxygens (including phenoxy) is 1. The number of nitrogens with zero attached hydrogens (tertiary/aromatic N) is 2. The van der Waals surface area contributed by atoms with Gasteiger partial charge in [0.05, 0.1) is 17.3 Å².